The summed E-state index contributed by atoms with van der Waals surface area (Å²) in [6, 6.07) is 5.18. The molecule has 0 atom stereocenters. The van der Waals surface area contributed by atoms with Crippen molar-refractivity contribution in [3.63, 3.8) is 0 Å². The molecule has 4 nitrogen and oxygen atoms in total. The number of carboxylic acid groups (broad SMARTS) is 1. The SMILES string of the molecule is Cc1nc(-c2cc(Br)ccc2Cl)oc1C(=O)O. The minimum atomic E-state index is -1.15. The van der Waals surface area contributed by atoms with Crippen LogP contribution in [0.2, 0.25) is 5.02 Å². The van der Waals surface area contributed by atoms with E-state index in [0.29, 0.717) is 16.3 Å². The molecule has 0 aliphatic heterocycles. The third kappa shape index (κ3) is 2.35. The predicted molar refractivity (Wildman–Crippen MR) is 66.3 cm³/mol. The summed E-state index contributed by atoms with van der Waals surface area (Å²) in [6.07, 6.45) is 0. The molecule has 0 fully saturated rings. The van der Waals surface area contributed by atoms with Crippen molar-refractivity contribution in [2.24, 2.45) is 0 Å². The molecule has 0 aliphatic rings. The molecule has 1 aromatic heterocycles. The van der Waals surface area contributed by atoms with E-state index in [2.05, 4.69) is 20.9 Å². The fourth-order valence-electron chi connectivity index (χ4n) is 1.37. The summed E-state index contributed by atoms with van der Waals surface area (Å²) in [5.74, 6) is -1.12. The number of hydrogen-bond acceptors (Lipinski definition) is 3. The molecule has 0 amide bonds. The predicted octanol–water partition coefficient (Wildman–Crippen LogP) is 3.76. The summed E-state index contributed by atoms with van der Waals surface area (Å²) in [5, 5.41) is 9.32. The molecular formula is C11H7BrClNO3. The van der Waals surface area contributed by atoms with Gasteiger partial charge in [0.05, 0.1) is 16.3 Å². The average molecular weight is 317 g/mol. The zero-order chi connectivity index (χ0) is 12.6. The van der Waals surface area contributed by atoms with E-state index in [1.807, 2.05) is 0 Å². The van der Waals surface area contributed by atoms with Crippen LogP contribution in [0.3, 0.4) is 0 Å². The molecule has 2 aromatic rings. The molecule has 1 heterocycles. The summed E-state index contributed by atoms with van der Waals surface area (Å²) in [4.78, 5) is 14.9. The van der Waals surface area contributed by atoms with E-state index in [1.54, 1.807) is 25.1 Å². The molecule has 0 radical (unpaired) electrons. The maximum absolute atomic E-state index is 10.8. The number of rotatable bonds is 2. The Morgan fingerprint density at radius 2 is 2.24 bits per heavy atom. The van der Waals surface area contributed by atoms with Gasteiger partial charge in [0.15, 0.2) is 0 Å². The van der Waals surface area contributed by atoms with Gasteiger partial charge in [0, 0.05) is 4.47 Å². The van der Waals surface area contributed by atoms with Crippen molar-refractivity contribution in [2.75, 3.05) is 0 Å². The van der Waals surface area contributed by atoms with E-state index in [9.17, 15) is 4.79 Å². The van der Waals surface area contributed by atoms with Crippen molar-refractivity contribution in [2.45, 2.75) is 6.92 Å². The van der Waals surface area contributed by atoms with Gasteiger partial charge >= 0.3 is 5.97 Å². The first-order valence-corrected chi connectivity index (χ1v) is 5.82. The highest BCUT2D eigenvalue weighted by molar-refractivity contribution is 9.10. The number of oxazole rings is 1. The number of benzene rings is 1. The van der Waals surface area contributed by atoms with Gasteiger partial charge in [-0.15, -0.1) is 0 Å². The number of aromatic nitrogens is 1. The Morgan fingerprint density at radius 3 is 2.82 bits per heavy atom. The van der Waals surface area contributed by atoms with Crippen molar-refractivity contribution in [3.05, 3.63) is 39.1 Å². The van der Waals surface area contributed by atoms with Gasteiger partial charge in [0.25, 0.3) is 0 Å². The minimum Gasteiger partial charge on any atom is -0.475 e. The Balaban J connectivity index is 2.57. The molecule has 1 aromatic carbocycles. The first kappa shape index (κ1) is 12.1. The van der Waals surface area contributed by atoms with E-state index in [4.69, 9.17) is 21.1 Å². The van der Waals surface area contributed by atoms with E-state index in [0.717, 1.165) is 4.47 Å². The molecule has 0 spiro atoms. The van der Waals surface area contributed by atoms with Gasteiger partial charge in [0.2, 0.25) is 11.7 Å². The Hall–Kier alpha value is -1.33. The van der Waals surface area contributed by atoms with Crippen LogP contribution in [0.15, 0.2) is 27.1 Å². The van der Waals surface area contributed by atoms with Crippen molar-refractivity contribution < 1.29 is 14.3 Å². The van der Waals surface area contributed by atoms with Crippen molar-refractivity contribution in [3.8, 4) is 11.5 Å². The highest BCUT2D eigenvalue weighted by Gasteiger charge is 2.18. The molecule has 0 aliphatic carbocycles. The van der Waals surface area contributed by atoms with Gasteiger partial charge in [-0.1, -0.05) is 27.5 Å². The van der Waals surface area contributed by atoms with Crippen LogP contribution in [0.4, 0.5) is 0 Å². The smallest absolute Gasteiger partial charge is 0.373 e. The van der Waals surface area contributed by atoms with E-state index < -0.39 is 5.97 Å². The number of aromatic carboxylic acids is 1. The van der Waals surface area contributed by atoms with Crippen LogP contribution in [0, 0.1) is 6.92 Å². The molecule has 88 valence electrons. The van der Waals surface area contributed by atoms with Gasteiger partial charge < -0.3 is 9.52 Å². The molecule has 0 saturated heterocycles. The highest BCUT2D eigenvalue weighted by atomic mass is 79.9. The summed E-state index contributed by atoms with van der Waals surface area (Å²) in [6.45, 7) is 1.57. The lowest BCUT2D eigenvalue weighted by atomic mass is 10.2. The average Bonchev–Trinajstić information content (AvgIpc) is 2.64. The second kappa shape index (κ2) is 4.50. The Morgan fingerprint density at radius 1 is 1.53 bits per heavy atom. The number of halogens is 2. The fourth-order valence-corrected chi connectivity index (χ4v) is 1.93. The lowest BCUT2D eigenvalue weighted by Gasteiger charge is -1.99. The lowest BCUT2D eigenvalue weighted by Crippen LogP contribution is -1.95. The van der Waals surface area contributed by atoms with Gasteiger partial charge in [-0.3, -0.25) is 0 Å². The number of hydrogen-bond donors (Lipinski definition) is 1. The highest BCUT2D eigenvalue weighted by Crippen LogP contribution is 2.31. The molecule has 0 bridgehead atoms. The van der Waals surface area contributed by atoms with Crippen LogP contribution >= 0.6 is 27.5 Å². The van der Waals surface area contributed by atoms with Gasteiger partial charge in [-0.05, 0) is 25.1 Å². The number of carbonyl (C=O) groups is 1. The first-order valence-electron chi connectivity index (χ1n) is 4.65. The largest absolute Gasteiger partial charge is 0.475 e. The first-order chi connectivity index (χ1) is 7.99. The minimum absolute atomic E-state index is 0.170. The van der Waals surface area contributed by atoms with Crippen molar-refractivity contribution >= 4 is 33.5 Å². The third-order valence-electron chi connectivity index (χ3n) is 2.15. The summed E-state index contributed by atoms with van der Waals surface area (Å²) in [5.41, 5.74) is 0.875. The second-order valence-electron chi connectivity index (χ2n) is 3.36. The number of carboxylic acids is 1. The van der Waals surface area contributed by atoms with E-state index in [-0.39, 0.29) is 11.7 Å². The zero-order valence-corrected chi connectivity index (χ0v) is 11.0. The molecular weight excluding hydrogens is 309 g/mol. The molecule has 1 N–H and O–H groups in total. The maximum Gasteiger partial charge on any atom is 0.373 e. The summed E-state index contributed by atoms with van der Waals surface area (Å²) < 4.78 is 5.99. The van der Waals surface area contributed by atoms with Crippen LogP contribution in [-0.4, -0.2) is 16.1 Å². The second-order valence-corrected chi connectivity index (χ2v) is 4.69. The maximum atomic E-state index is 10.8. The van der Waals surface area contributed by atoms with Gasteiger partial charge in [-0.25, -0.2) is 9.78 Å². The monoisotopic (exact) mass is 315 g/mol. The van der Waals surface area contributed by atoms with Crippen LogP contribution in [0.1, 0.15) is 16.2 Å². The quantitative estimate of drug-likeness (QED) is 0.916. The van der Waals surface area contributed by atoms with Crippen LogP contribution in [-0.2, 0) is 0 Å². The van der Waals surface area contributed by atoms with Gasteiger partial charge in [0.1, 0.15) is 0 Å². The molecule has 2 rings (SSSR count). The van der Waals surface area contributed by atoms with E-state index >= 15 is 0 Å². The molecule has 17 heavy (non-hydrogen) atoms. The molecule has 0 saturated carbocycles. The Kier molecular flexibility index (Phi) is 3.22. The molecule has 6 heteroatoms. The Labute approximate surface area is 110 Å². The van der Waals surface area contributed by atoms with Crippen molar-refractivity contribution in [1.82, 2.24) is 4.98 Å². The summed E-state index contributed by atoms with van der Waals surface area (Å²) >= 11 is 9.31. The van der Waals surface area contributed by atoms with Gasteiger partial charge in [-0.2, -0.15) is 0 Å². The van der Waals surface area contributed by atoms with Crippen LogP contribution in [0.25, 0.3) is 11.5 Å². The van der Waals surface area contributed by atoms with Crippen LogP contribution in [0.5, 0.6) is 0 Å². The Bertz CT molecular complexity index is 594. The van der Waals surface area contributed by atoms with Crippen LogP contribution < -0.4 is 0 Å². The fraction of sp³-hybridized carbons (Fsp3) is 0.0909. The standard InChI is InChI=1S/C11H7BrClNO3/c1-5-9(11(15)16)17-10(14-5)7-4-6(12)2-3-8(7)13/h2-4H,1H3,(H,15,16). The number of aryl methyl sites for hydroxylation is 1. The lowest BCUT2D eigenvalue weighted by molar-refractivity contribution is 0.0662. The topological polar surface area (TPSA) is 63.3 Å². The molecule has 0 unspecified atom stereocenters. The number of nitrogens with zero attached hydrogens (tertiary/aromatic N) is 1. The summed E-state index contributed by atoms with van der Waals surface area (Å²) in [7, 11) is 0. The third-order valence-corrected chi connectivity index (χ3v) is 2.97. The zero-order valence-electron chi connectivity index (χ0n) is 8.70. The van der Waals surface area contributed by atoms with E-state index in [1.165, 1.54) is 0 Å². The van der Waals surface area contributed by atoms with Crippen molar-refractivity contribution in [1.29, 1.82) is 0 Å². The normalized spacial score (nSPS) is 10.5.